The van der Waals surface area contributed by atoms with Gasteiger partial charge < -0.3 is 20.1 Å². The number of anilines is 2. The summed E-state index contributed by atoms with van der Waals surface area (Å²) in [6, 6.07) is 16.9. The van der Waals surface area contributed by atoms with Crippen molar-refractivity contribution in [3.05, 3.63) is 78.2 Å². The Kier molecular flexibility index (Phi) is 7.00. The van der Waals surface area contributed by atoms with E-state index in [4.69, 9.17) is 9.47 Å². The van der Waals surface area contributed by atoms with Crippen molar-refractivity contribution in [1.82, 2.24) is 4.98 Å². The van der Waals surface area contributed by atoms with Gasteiger partial charge in [0.15, 0.2) is 0 Å². The zero-order valence-corrected chi connectivity index (χ0v) is 16.0. The van der Waals surface area contributed by atoms with Crippen molar-refractivity contribution in [2.24, 2.45) is 0 Å². The van der Waals surface area contributed by atoms with Crippen LogP contribution in [0.3, 0.4) is 0 Å². The molecule has 0 spiro atoms. The van der Waals surface area contributed by atoms with Crippen molar-refractivity contribution in [2.75, 3.05) is 30.9 Å². The van der Waals surface area contributed by atoms with Crippen LogP contribution in [0.5, 0.6) is 11.5 Å². The molecule has 7 heteroatoms. The summed E-state index contributed by atoms with van der Waals surface area (Å²) in [5.74, 6) is 1.37. The molecule has 1 aromatic heterocycles. The number of amides is 1. The minimum Gasteiger partial charge on any atom is -0.497 e. The molecule has 0 aliphatic carbocycles. The quantitative estimate of drug-likeness (QED) is 0.538. The monoisotopic (exact) mass is 395 g/mol. The zero-order chi connectivity index (χ0) is 20.5. The zero-order valence-electron chi connectivity index (χ0n) is 16.0. The molecule has 0 saturated heterocycles. The SMILES string of the molecule is COc1ccc(OCCNc2ccc(NC(=O)Cc3cccc(F)c3)nc2)cc1. The van der Waals surface area contributed by atoms with E-state index in [1.54, 1.807) is 31.5 Å². The molecule has 1 amide bonds. The van der Waals surface area contributed by atoms with Gasteiger partial charge in [-0.15, -0.1) is 0 Å². The van der Waals surface area contributed by atoms with Gasteiger partial charge in [-0.1, -0.05) is 12.1 Å². The summed E-state index contributed by atoms with van der Waals surface area (Å²) in [6.07, 6.45) is 1.72. The van der Waals surface area contributed by atoms with Crippen LogP contribution < -0.4 is 20.1 Å². The molecule has 0 aliphatic heterocycles. The van der Waals surface area contributed by atoms with Crippen molar-refractivity contribution < 1.29 is 18.7 Å². The highest BCUT2D eigenvalue weighted by molar-refractivity contribution is 5.91. The Balaban J connectivity index is 1.40. The second-order valence-corrected chi connectivity index (χ2v) is 6.24. The van der Waals surface area contributed by atoms with E-state index in [0.29, 0.717) is 24.5 Å². The molecule has 2 N–H and O–H groups in total. The minimum atomic E-state index is -0.361. The van der Waals surface area contributed by atoms with Crippen LogP contribution in [0.4, 0.5) is 15.9 Å². The summed E-state index contributed by atoms with van der Waals surface area (Å²) in [4.78, 5) is 16.3. The van der Waals surface area contributed by atoms with Crippen LogP contribution in [-0.4, -0.2) is 31.2 Å². The first-order valence-corrected chi connectivity index (χ1v) is 9.13. The standard InChI is InChI=1S/C22H22FN3O3/c1-28-19-6-8-20(9-7-19)29-12-11-24-18-5-10-21(25-15-18)26-22(27)14-16-3-2-4-17(23)13-16/h2-10,13,15,24H,11-12,14H2,1H3,(H,25,26,27). The highest BCUT2D eigenvalue weighted by Gasteiger charge is 2.06. The van der Waals surface area contributed by atoms with Crippen molar-refractivity contribution >= 4 is 17.4 Å². The van der Waals surface area contributed by atoms with Gasteiger partial charge in [0.1, 0.15) is 29.7 Å². The lowest BCUT2D eigenvalue weighted by molar-refractivity contribution is -0.115. The molecule has 0 fully saturated rings. The Morgan fingerprint density at radius 2 is 1.86 bits per heavy atom. The third-order valence-electron chi connectivity index (χ3n) is 4.04. The number of aromatic nitrogens is 1. The van der Waals surface area contributed by atoms with Crippen LogP contribution in [0.1, 0.15) is 5.56 Å². The molecule has 150 valence electrons. The number of carbonyl (C=O) groups excluding carboxylic acids is 1. The Morgan fingerprint density at radius 3 is 2.55 bits per heavy atom. The van der Waals surface area contributed by atoms with Crippen LogP contribution in [0.2, 0.25) is 0 Å². The molecule has 0 atom stereocenters. The van der Waals surface area contributed by atoms with E-state index in [1.807, 2.05) is 30.3 Å². The van der Waals surface area contributed by atoms with E-state index in [2.05, 4.69) is 15.6 Å². The van der Waals surface area contributed by atoms with Crippen LogP contribution in [0.25, 0.3) is 0 Å². The molecule has 0 bridgehead atoms. The maximum atomic E-state index is 13.2. The van der Waals surface area contributed by atoms with Crippen molar-refractivity contribution in [1.29, 1.82) is 0 Å². The number of rotatable bonds is 9. The van der Waals surface area contributed by atoms with Gasteiger partial charge in [-0.05, 0) is 54.1 Å². The lowest BCUT2D eigenvalue weighted by Crippen LogP contribution is -2.15. The van der Waals surface area contributed by atoms with Crippen molar-refractivity contribution in [3.8, 4) is 11.5 Å². The number of carbonyl (C=O) groups is 1. The number of hydrogen-bond donors (Lipinski definition) is 2. The topological polar surface area (TPSA) is 72.5 Å². The number of nitrogens with zero attached hydrogens (tertiary/aromatic N) is 1. The number of hydrogen-bond acceptors (Lipinski definition) is 5. The van der Waals surface area contributed by atoms with Gasteiger partial charge >= 0.3 is 0 Å². The Bertz CT molecular complexity index is 931. The highest BCUT2D eigenvalue weighted by Crippen LogP contribution is 2.17. The fourth-order valence-corrected chi connectivity index (χ4v) is 2.63. The second kappa shape index (κ2) is 10.1. The first kappa shape index (κ1) is 20.1. The van der Waals surface area contributed by atoms with Gasteiger partial charge in [0.25, 0.3) is 0 Å². The summed E-state index contributed by atoms with van der Waals surface area (Å²) in [7, 11) is 1.62. The molecule has 6 nitrogen and oxygen atoms in total. The molecule has 29 heavy (non-hydrogen) atoms. The normalized spacial score (nSPS) is 10.3. The summed E-state index contributed by atoms with van der Waals surface area (Å²) in [6.45, 7) is 1.08. The molecule has 1 heterocycles. The molecule has 3 aromatic rings. The summed E-state index contributed by atoms with van der Waals surface area (Å²) in [5.41, 5.74) is 1.42. The average Bonchev–Trinajstić information content (AvgIpc) is 2.73. The lowest BCUT2D eigenvalue weighted by atomic mass is 10.1. The van der Waals surface area contributed by atoms with Gasteiger partial charge in [0.2, 0.25) is 5.91 Å². The van der Waals surface area contributed by atoms with Crippen molar-refractivity contribution in [3.63, 3.8) is 0 Å². The molecular formula is C22H22FN3O3. The molecule has 0 aliphatic rings. The number of nitrogens with one attached hydrogen (secondary N) is 2. The molecule has 0 saturated carbocycles. The largest absolute Gasteiger partial charge is 0.497 e. The van der Waals surface area contributed by atoms with Crippen molar-refractivity contribution in [2.45, 2.75) is 6.42 Å². The summed E-state index contributed by atoms with van der Waals surface area (Å²) < 4.78 is 23.9. The van der Waals surface area contributed by atoms with E-state index >= 15 is 0 Å². The van der Waals surface area contributed by atoms with Crippen LogP contribution in [-0.2, 0) is 11.2 Å². The molecule has 2 aromatic carbocycles. The number of halogens is 1. The van der Waals surface area contributed by atoms with Gasteiger partial charge in [-0.2, -0.15) is 0 Å². The predicted molar refractivity (Wildman–Crippen MR) is 110 cm³/mol. The lowest BCUT2D eigenvalue weighted by Gasteiger charge is -2.10. The predicted octanol–water partition coefficient (Wildman–Crippen LogP) is 3.90. The summed E-state index contributed by atoms with van der Waals surface area (Å²) in [5, 5.41) is 5.90. The first-order chi connectivity index (χ1) is 14.1. The third-order valence-corrected chi connectivity index (χ3v) is 4.04. The van der Waals surface area contributed by atoms with E-state index in [1.165, 1.54) is 12.1 Å². The number of pyridine rings is 1. The smallest absolute Gasteiger partial charge is 0.229 e. The maximum absolute atomic E-state index is 13.2. The minimum absolute atomic E-state index is 0.0855. The van der Waals surface area contributed by atoms with Crippen LogP contribution in [0, 0.1) is 5.82 Å². The van der Waals surface area contributed by atoms with Crippen LogP contribution in [0.15, 0.2) is 66.9 Å². The van der Waals surface area contributed by atoms with Crippen LogP contribution >= 0.6 is 0 Å². The third kappa shape index (κ3) is 6.49. The molecule has 0 radical (unpaired) electrons. The highest BCUT2D eigenvalue weighted by atomic mass is 19.1. The van der Waals surface area contributed by atoms with Gasteiger partial charge in [0, 0.05) is 6.54 Å². The fraction of sp³-hybridized carbons (Fsp3) is 0.182. The Morgan fingerprint density at radius 1 is 1.07 bits per heavy atom. The van der Waals surface area contributed by atoms with E-state index < -0.39 is 0 Å². The molecular weight excluding hydrogens is 373 g/mol. The molecule has 3 rings (SSSR count). The number of methoxy groups -OCH3 is 1. The van der Waals surface area contributed by atoms with Gasteiger partial charge in [0.05, 0.1) is 25.4 Å². The van der Waals surface area contributed by atoms with E-state index in [0.717, 1.165) is 17.2 Å². The Labute approximate surface area is 168 Å². The number of ether oxygens (including phenoxy) is 2. The van der Waals surface area contributed by atoms with Gasteiger partial charge in [-0.3, -0.25) is 4.79 Å². The average molecular weight is 395 g/mol. The van der Waals surface area contributed by atoms with E-state index in [-0.39, 0.29) is 18.1 Å². The second-order valence-electron chi connectivity index (χ2n) is 6.24. The molecule has 0 unspecified atom stereocenters. The van der Waals surface area contributed by atoms with E-state index in [9.17, 15) is 9.18 Å². The Hall–Kier alpha value is -3.61. The number of benzene rings is 2. The summed E-state index contributed by atoms with van der Waals surface area (Å²) >= 11 is 0. The fourth-order valence-electron chi connectivity index (χ4n) is 2.63. The first-order valence-electron chi connectivity index (χ1n) is 9.13. The van der Waals surface area contributed by atoms with Gasteiger partial charge in [-0.25, -0.2) is 9.37 Å². The maximum Gasteiger partial charge on any atom is 0.229 e.